The summed E-state index contributed by atoms with van der Waals surface area (Å²) in [6.45, 7) is 0. The van der Waals surface area contributed by atoms with Gasteiger partial charge in [-0.1, -0.05) is 36.4 Å². The average molecular weight is 397 g/mol. The van der Waals surface area contributed by atoms with Gasteiger partial charge in [-0.15, -0.1) is 12.4 Å². The van der Waals surface area contributed by atoms with Gasteiger partial charge in [-0.3, -0.25) is 4.79 Å². The van der Waals surface area contributed by atoms with Gasteiger partial charge in [0.1, 0.15) is 11.3 Å². The number of hydrogen-bond acceptors (Lipinski definition) is 4. The number of aliphatic carboxylic acids is 1. The fourth-order valence-corrected chi connectivity index (χ4v) is 3.46. The zero-order valence-corrected chi connectivity index (χ0v) is 16.0. The van der Waals surface area contributed by atoms with Gasteiger partial charge >= 0.3 is 5.97 Å². The summed E-state index contributed by atoms with van der Waals surface area (Å²) >= 11 is 0. The molecule has 28 heavy (non-hydrogen) atoms. The van der Waals surface area contributed by atoms with E-state index in [2.05, 4.69) is 4.98 Å². The largest absolute Gasteiger partial charge is 0.480 e. The lowest BCUT2D eigenvalue weighted by atomic mass is 9.78. The molecule has 3 aromatic rings. The molecule has 144 valence electrons. The topological polar surface area (TPSA) is 85.4 Å². The summed E-state index contributed by atoms with van der Waals surface area (Å²) < 4.78 is 6.06. The number of ether oxygens (including phenoxy) is 1. The van der Waals surface area contributed by atoms with Crippen molar-refractivity contribution in [3.05, 3.63) is 78.0 Å². The first-order valence-electron chi connectivity index (χ1n) is 8.87. The Bertz CT molecular complexity index is 994. The molecule has 0 saturated heterocycles. The van der Waals surface area contributed by atoms with Crippen LogP contribution in [0.25, 0.3) is 11.1 Å². The first-order valence-corrected chi connectivity index (χ1v) is 8.87. The van der Waals surface area contributed by atoms with Crippen molar-refractivity contribution in [2.75, 3.05) is 0 Å². The SMILES string of the molecule is Cl.NC1(C(=O)O)CCc2ccc(Oc3ncccc3-c3ccccc3)cc2C1. The van der Waals surface area contributed by atoms with E-state index in [9.17, 15) is 9.90 Å². The molecule has 2 aromatic carbocycles. The molecule has 5 nitrogen and oxygen atoms in total. The van der Waals surface area contributed by atoms with Crippen LogP contribution in [0.3, 0.4) is 0 Å². The summed E-state index contributed by atoms with van der Waals surface area (Å²) in [6, 6.07) is 19.5. The molecule has 4 rings (SSSR count). The summed E-state index contributed by atoms with van der Waals surface area (Å²) in [7, 11) is 0. The van der Waals surface area contributed by atoms with Crippen LogP contribution < -0.4 is 10.5 Å². The number of aryl methyl sites for hydroxylation is 1. The maximum absolute atomic E-state index is 11.5. The molecule has 0 radical (unpaired) electrons. The third-order valence-electron chi connectivity index (χ3n) is 5.02. The number of hydrogen-bond donors (Lipinski definition) is 2. The van der Waals surface area contributed by atoms with Gasteiger partial charge < -0.3 is 15.6 Å². The van der Waals surface area contributed by atoms with Crippen molar-refractivity contribution in [1.82, 2.24) is 4.98 Å². The van der Waals surface area contributed by atoms with Crippen LogP contribution in [0.1, 0.15) is 17.5 Å². The Morgan fingerprint density at radius 2 is 1.86 bits per heavy atom. The number of rotatable bonds is 4. The van der Waals surface area contributed by atoms with E-state index in [-0.39, 0.29) is 12.4 Å². The summed E-state index contributed by atoms with van der Waals surface area (Å²) in [4.78, 5) is 15.9. The van der Waals surface area contributed by atoms with Crippen molar-refractivity contribution >= 4 is 18.4 Å². The predicted molar refractivity (Wildman–Crippen MR) is 110 cm³/mol. The van der Waals surface area contributed by atoms with Crippen molar-refractivity contribution in [2.24, 2.45) is 5.73 Å². The molecule has 0 fully saturated rings. The summed E-state index contributed by atoms with van der Waals surface area (Å²) in [5.41, 5.74) is 8.80. The molecule has 0 bridgehead atoms. The smallest absolute Gasteiger partial charge is 0.324 e. The molecular formula is C22H21ClN2O3. The van der Waals surface area contributed by atoms with Gasteiger partial charge in [0.2, 0.25) is 5.88 Å². The highest BCUT2D eigenvalue weighted by Crippen LogP contribution is 2.34. The van der Waals surface area contributed by atoms with E-state index in [0.717, 1.165) is 22.3 Å². The summed E-state index contributed by atoms with van der Waals surface area (Å²) in [6.07, 6.45) is 3.07. The van der Waals surface area contributed by atoms with Crippen LogP contribution in [0, 0.1) is 0 Å². The van der Waals surface area contributed by atoms with Crippen molar-refractivity contribution in [1.29, 1.82) is 0 Å². The molecule has 1 aliphatic carbocycles. The van der Waals surface area contributed by atoms with Crippen molar-refractivity contribution in [3.63, 3.8) is 0 Å². The van der Waals surface area contributed by atoms with Gasteiger partial charge in [0.15, 0.2) is 0 Å². The molecule has 1 unspecified atom stereocenters. The molecule has 0 spiro atoms. The standard InChI is InChI=1S/C22H20N2O3.ClH/c23-22(21(25)26)11-10-15-8-9-18(13-17(15)14-22)27-20-19(7-4-12-24-20)16-5-2-1-3-6-16;/h1-9,12-13H,10-11,14,23H2,(H,25,26);1H. The molecular weight excluding hydrogens is 376 g/mol. The van der Waals surface area contributed by atoms with Gasteiger partial charge in [-0.05, 0) is 53.8 Å². The molecule has 0 amide bonds. The van der Waals surface area contributed by atoms with Gasteiger partial charge in [0.25, 0.3) is 0 Å². The van der Waals surface area contributed by atoms with Crippen LogP contribution in [0.2, 0.25) is 0 Å². The minimum absolute atomic E-state index is 0. The Morgan fingerprint density at radius 1 is 1.07 bits per heavy atom. The van der Waals surface area contributed by atoms with Crippen LogP contribution in [0.5, 0.6) is 11.6 Å². The molecule has 0 aliphatic heterocycles. The van der Waals surface area contributed by atoms with E-state index >= 15 is 0 Å². The molecule has 1 atom stereocenters. The quantitative estimate of drug-likeness (QED) is 0.689. The van der Waals surface area contributed by atoms with E-state index in [1.807, 2.05) is 60.7 Å². The second-order valence-corrected chi connectivity index (χ2v) is 6.89. The van der Waals surface area contributed by atoms with E-state index in [0.29, 0.717) is 30.9 Å². The van der Waals surface area contributed by atoms with Crippen LogP contribution >= 0.6 is 12.4 Å². The Balaban J connectivity index is 0.00000225. The van der Waals surface area contributed by atoms with Crippen LogP contribution in [0.15, 0.2) is 66.9 Å². The van der Waals surface area contributed by atoms with Crippen LogP contribution in [0.4, 0.5) is 0 Å². The highest BCUT2D eigenvalue weighted by atomic mass is 35.5. The minimum atomic E-state index is -1.22. The zero-order chi connectivity index (χ0) is 18.9. The normalized spacial score (nSPS) is 17.9. The van der Waals surface area contributed by atoms with Gasteiger partial charge in [-0.2, -0.15) is 0 Å². The number of halogens is 1. The zero-order valence-electron chi connectivity index (χ0n) is 15.2. The number of fused-ring (bicyclic) bond motifs is 1. The Labute approximate surface area is 169 Å². The monoisotopic (exact) mass is 396 g/mol. The second-order valence-electron chi connectivity index (χ2n) is 6.89. The summed E-state index contributed by atoms with van der Waals surface area (Å²) in [5, 5.41) is 9.42. The fraction of sp³-hybridized carbons (Fsp3) is 0.182. The lowest BCUT2D eigenvalue weighted by Gasteiger charge is -2.30. The molecule has 1 heterocycles. The number of aromatic nitrogens is 1. The molecule has 3 N–H and O–H groups in total. The summed E-state index contributed by atoms with van der Waals surface area (Å²) in [5.74, 6) is 0.173. The first kappa shape index (κ1) is 19.9. The van der Waals surface area contributed by atoms with E-state index < -0.39 is 11.5 Å². The second kappa shape index (κ2) is 8.00. The van der Waals surface area contributed by atoms with Crippen LogP contribution in [-0.4, -0.2) is 21.6 Å². The van der Waals surface area contributed by atoms with E-state index in [1.54, 1.807) is 6.20 Å². The Morgan fingerprint density at radius 3 is 2.61 bits per heavy atom. The fourth-order valence-electron chi connectivity index (χ4n) is 3.46. The number of nitrogens with zero attached hydrogens (tertiary/aromatic N) is 1. The van der Waals surface area contributed by atoms with E-state index in [1.165, 1.54) is 0 Å². The lowest BCUT2D eigenvalue weighted by Crippen LogP contribution is -2.52. The van der Waals surface area contributed by atoms with Crippen LogP contribution in [-0.2, 0) is 17.6 Å². The predicted octanol–water partition coefficient (Wildman–Crippen LogP) is 4.23. The molecule has 1 aliphatic rings. The van der Waals surface area contributed by atoms with Crippen molar-refractivity contribution < 1.29 is 14.6 Å². The third-order valence-corrected chi connectivity index (χ3v) is 5.02. The number of carbonyl (C=O) groups is 1. The number of nitrogens with two attached hydrogens (primary N) is 1. The third kappa shape index (κ3) is 3.86. The average Bonchev–Trinajstić information content (AvgIpc) is 2.69. The number of benzene rings is 2. The maximum Gasteiger partial charge on any atom is 0.324 e. The highest BCUT2D eigenvalue weighted by Gasteiger charge is 2.37. The van der Waals surface area contributed by atoms with Gasteiger partial charge in [0, 0.05) is 18.2 Å². The van der Waals surface area contributed by atoms with Gasteiger partial charge in [0.05, 0.1) is 0 Å². The van der Waals surface area contributed by atoms with Gasteiger partial charge in [-0.25, -0.2) is 4.98 Å². The number of carboxylic acids is 1. The Kier molecular flexibility index (Phi) is 5.68. The van der Waals surface area contributed by atoms with E-state index in [4.69, 9.17) is 10.5 Å². The number of pyridine rings is 1. The molecule has 6 heteroatoms. The maximum atomic E-state index is 11.5. The Hall–Kier alpha value is -2.89. The molecule has 1 aromatic heterocycles. The minimum Gasteiger partial charge on any atom is -0.480 e. The van der Waals surface area contributed by atoms with Crippen molar-refractivity contribution in [3.8, 4) is 22.8 Å². The highest BCUT2D eigenvalue weighted by molar-refractivity contribution is 5.85. The van der Waals surface area contributed by atoms with Crippen molar-refractivity contribution in [2.45, 2.75) is 24.8 Å². The number of carboxylic acid groups (broad SMARTS) is 1. The lowest BCUT2D eigenvalue weighted by molar-refractivity contribution is -0.143. The molecule has 0 saturated carbocycles. The first-order chi connectivity index (χ1) is 13.0.